The van der Waals surface area contributed by atoms with Gasteiger partial charge in [0.2, 0.25) is 0 Å². The third kappa shape index (κ3) is 3.04. The van der Waals surface area contributed by atoms with Crippen molar-refractivity contribution in [2.75, 3.05) is 5.32 Å². The normalized spacial score (nSPS) is 11.0. The second-order valence-corrected chi connectivity index (χ2v) is 6.94. The zero-order valence-corrected chi connectivity index (χ0v) is 14.9. The Labute approximate surface area is 153 Å². The van der Waals surface area contributed by atoms with Crippen molar-refractivity contribution in [3.63, 3.8) is 0 Å². The van der Waals surface area contributed by atoms with Gasteiger partial charge in [-0.05, 0) is 19.1 Å². The molecule has 0 aliphatic rings. The zero-order valence-electron chi connectivity index (χ0n) is 13.4. The second kappa shape index (κ2) is 6.35. The number of aromatic nitrogens is 2. The van der Waals surface area contributed by atoms with E-state index in [4.69, 9.17) is 11.6 Å². The number of rotatable bonds is 3. The van der Waals surface area contributed by atoms with Crippen LogP contribution < -0.4 is 5.32 Å². The SMILES string of the molecule is Cc1ccc(-c2cn3c(C(=O)Nc4ccccc4Cl)csc3n2)cc1. The lowest BCUT2D eigenvalue weighted by Crippen LogP contribution is -2.14. The number of thiazole rings is 1. The highest BCUT2D eigenvalue weighted by molar-refractivity contribution is 7.15. The molecule has 1 N–H and O–H groups in total. The first kappa shape index (κ1) is 15.9. The quantitative estimate of drug-likeness (QED) is 0.535. The minimum absolute atomic E-state index is 0.216. The van der Waals surface area contributed by atoms with E-state index in [1.807, 2.05) is 53.9 Å². The molecule has 2 aromatic carbocycles. The van der Waals surface area contributed by atoms with Crippen LogP contribution in [-0.2, 0) is 0 Å². The van der Waals surface area contributed by atoms with Gasteiger partial charge in [0, 0.05) is 17.1 Å². The Morgan fingerprint density at radius 1 is 1.16 bits per heavy atom. The van der Waals surface area contributed by atoms with E-state index in [1.165, 1.54) is 16.9 Å². The van der Waals surface area contributed by atoms with Gasteiger partial charge in [0.1, 0.15) is 5.69 Å². The van der Waals surface area contributed by atoms with Crippen LogP contribution in [0.3, 0.4) is 0 Å². The molecule has 0 aliphatic heterocycles. The summed E-state index contributed by atoms with van der Waals surface area (Å²) in [4.78, 5) is 18.0. The molecule has 6 heteroatoms. The molecule has 1 amide bonds. The molecule has 2 heterocycles. The Balaban J connectivity index is 1.67. The number of aryl methyl sites for hydroxylation is 1. The van der Waals surface area contributed by atoms with Gasteiger partial charge in [-0.2, -0.15) is 0 Å². The number of carbonyl (C=O) groups excluding carboxylic acids is 1. The van der Waals surface area contributed by atoms with Crippen molar-refractivity contribution in [2.24, 2.45) is 0 Å². The van der Waals surface area contributed by atoms with Gasteiger partial charge in [-0.25, -0.2) is 4.98 Å². The third-order valence-electron chi connectivity index (χ3n) is 3.91. The van der Waals surface area contributed by atoms with E-state index >= 15 is 0 Å². The van der Waals surface area contributed by atoms with Crippen LogP contribution in [0.25, 0.3) is 16.2 Å². The number of halogens is 1. The van der Waals surface area contributed by atoms with E-state index in [0.29, 0.717) is 16.4 Å². The van der Waals surface area contributed by atoms with Crippen LogP contribution in [0.4, 0.5) is 5.69 Å². The summed E-state index contributed by atoms with van der Waals surface area (Å²) in [6.45, 7) is 2.05. The van der Waals surface area contributed by atoms with Crippen molar-refractivity contribution >= 4 is 39.5 Å². The van der Waals surface area contributed by atoms with Crippen molar-refractivity contribution < 1.29 is 4.79 Å². The maximum Gasteiger partial charge on any atom is 0.273 e. The van der Waals surface area contributed by atoms with Gasteiger partial charge in [0.05, 0.1) is 16.4 Å². The van der Waals surface area contributed by atoms with Gasteiger partial charge in [-0.3, -0.25) is 9.20 Å². The van der Waals surface area contributed by atoms with Gasteiger partial charge in [-0.1, -0.05) is 53.6 Å². The number of anilines is 1. The van der Waals surface area contributed by atoms with Crippen LogP contribution in [0.15, 0.2) is 60.1 Å². The van der Waals surface area contributed by atoms with Crippen LogP contribution in [0.5, 0.6) is 0 Å². The molecule has 0 saturated heterocycles. The summed E-state index contributed by atoms with van der Waals surface area (Å²) in [7, 11) is 0. The van der Waals surface area contributed by atoms with Crippen molar-refractivity contribution in [2.45, 2.75) is 6.92 Å². The standard InChI is InChI=1S/C19H14ClN3OS/c1-12-6-8-13(9-7-12)16-10-23-17(11-25-19(23)22-16)18(24)21-15-5-3-2-4-14(15)20/h2-11H,1H3,(H,21,24). The van der Waals surface area contributed by atoms with E-state index in [-0.39, 0.29) is 5.91 Å². The largest absolute Gasteiger partial charge is 0.319 e. The third-order valence-corrected chi connectivity index (χ3v) is 5.08. The monoisotopic (exact) mass is 367 g/mol. The fraction of sp³-hybridized carbons (Fsp3) is 0.0526. The Morgan fingerprint density at radius 3 is 2.68 bits per heavy atom. The first-order valence-electron chi connectivity index (χ1n) is 7.71. The first-order chi connectivity index (χ1) is 12.1. The molecule has 4 rings (SSSR count). The highest BCUT2D eigenvalue weighted by Crippen LogP contribution is 2.26. The van der Waals surface area contributed by atoms with Crippen LogP contribution in [0.1, 0.15) is 16.1 Å². The molecule has 0 aliphatic carbocycles. The summed E-state index contributed by atoms with van der Waals surface area (Å²) in [5.74, 6) is -0.216. The van der Waals surface area contributed by atoms with Crippen molar-refractivity contribution in [3.05, 3.63) is 76.4 Å². The molecule has 124 valence electrons. The molecule has 0 spiro atoms. The number of benzene rings is 2. The maximum atomic E-state index is 12.6. The highest BCUT2D eigenvalue weighted by atomic mass is 35.5. The van der Waals surface area contributed by atoms with E-state index in [9.17, 15) is 4.79 Å². The van der Waals surface area contributed by atoms with Crippen LogP contribution in [0, 0.1) is 6.92 Å². The van der Waals surface area contributed by atoms with Crippen molar-refractivity contribution in [3.8, 4) is 11.3 Å². The summed E-state index contributed by atoms with van der Waals surface area (Å²) in [5.41, 5.74) is 4.19. The highest BCUT2D eigenvalue weighted by Gasteiger charge is 2.16. The molecule has 0 fully saturated rings. The average Bonchev–Trinajstić information content (AvgIpc) is 3.18. The summed E-state index contributed by atoms with van der Waals surface area (Å²) < 4.78 is 1.81. The smallest absolute Gasteiger partial charge is 0.273 e. The van der Waals surface area contributed by atoms with Gasteiger partial charge in [0.15, 0.2) is 4.96 Å². The van der Waals surface area contributed by atoms with Gasteiger partial charge in [0.25, 0.3) is 5.91 Å². The molecule has 0 atom stereocenters. The van der Waals surface area contributed by atoms with Crippen LogP contribution >= 0.6 is 22.9 Å². The van der Waals surface area contributed by atoms with E-state index in [2.05, 4.69) is 10.3 Å². The van der Waals surface area contributed by atoms with Gasteiger partial charge < -0.3 is 5.32 Å². The van der Waals surface area contributed by atoms with Crippen molar-refractivity contribution in [1.82, 2.24) is 9.38 Å². The Morgan fingerprint density at radius 2 is 1.92 bits per heavy atom. The number of hydrogen-bond donors (Lipinski definition) is 1. The molecule has 2 aromatic heterocycles. The average molecular weight is 368 g/mol. The lowest BCUT2D eigenvalue weighted by Gasteiger charge is -2.06. The van der Waals surface area contributed by atoms with Gasteiger partial charge in [-0.15, -0.1) is 11.3 Å². The number of hydrogen-bond acceptors (Lipinski definition) is 3. The molecule has 0 saturated carbocycles. The summed E-state index contributed by atoms with van der Waals surface area (Å²) in [6, 6.07) is 15.3. The first-order valence-corrected chi connectivity index (χ1v) is 8.97. The lowest BCUT2D eigenvalue weighted by atomic mass is 10.1. The van der Waals surface area contributed by atoms with E-state index in [0.717, 1.165) is 16.2 Å². The topological polar surface area (TPSA) is 46.4 Å². The number of nitrogens with one attached hydrogen (secondary N) is 1. The van der Waals surface area contributed by atoms with Crippen LogP contribution in [-0.4, -0.2) is 15.3 Å². The molecule has 25 heavy (non-hydrogen) atoms. The number of fused-ring (bicyclic) bond motifs is 1. The van der Waals surface area contributed by atoms with E-state index < -0.39 is 0 Å². The number of amides is 1. The predicted octanol–water partition coefficient (Wildman–Crippen LogP) is 5.28. The Kier molecular flexibility index (Phi) is 4.03. The number of imidazole rings is 1. The van der Waals surface area contributed by atoms with Crippen LogP contribution in [0.2, 0.25) is 5.02 Å². The number of nitrogens with zero attached hydrogens (tertiary/aromatic N) is 2. The van der Waals surface area contributed by atoms with E-state index in [1.54, 1.807) is 17.5 Å². The molecule has 0 bridgehead atoms. The molecule has 0 radical (unpaired) electrons. The fourth-order valence-corrected chi connectivity index (χ4v) is 3.60. The predicted molar refractivity (Wildman–Crippen MR) is 103 cm³/mol. The molecular weight excluding hydrogens is 354 g/mol. The maximum absolute atomic E-state index is 12.6. The lowest BCUT2D eigenvalue weighted by molar-refractivity contribution is 0.102. The number of carbonyl (C=O) groups is 1. The summed E-state index contributed by atoms with van der Waals surface area (Å²) >= 11 is 7.55. The number of para-hydroxylation sites is 1. The van der Waals surface area contributed by atoms with Crippen molar-refractivity contribution in [1.29, 1.82) is 0 Å². The summed E-state index contributed by atoms with van der Waals surface area (Å²) in [5, 5.41) is 5.16. The zero-order chi connectivity index (χ0) is 17.4. The minimum atomic E-state index is -0.216. The van der Waals surface area contributed by atoms with Gasteiger partial charge >= 0.3 is 0 Å². The molecular formula is C19H14ClN3OS. The Hall–Kier alpha value is -2.63. The molecule has 0 unspecified atom stereocenters. The molecule has 4 aromatic rings. The second-order valence-electron chi connectivity index (χ2n) is 5.70. The fourth-order valence-electron chi connectivity index (χ4n) is 2.56. The summed E-state index contributed by atoms with van der Waals surface area (Å²) in [6.07, 6.45) is 1.89. The Bertz CT molecular complexity index is 1070. The minimum Gasteiger partial charge on any atom is -0.319 e. The molecule has 4 nitrogen and oxygen atoms in total.